The molecule has 3 rings (SSSR count). The van der Waals surface area contributed by atoms with Gasteiger partial charge in [-0.3, -0.25) is 4.79 Å². The first-order valence-corrected chi connectivity index (χ1v) is 7.80. The van der Waals surface area contributed by atoms with Crippen LogP contribution in [0.1, 0.15) is 48.0 Å². The molecule has 1 aliphatic carbocycles. The number of nitrogens with two attached hydrogens (primary N) is 1. The molecule has 1 saturated heterocycles. The number of likely N-dealkylation sites (tertiary alicyclic amines) is 1. The van der Waals surface area contributed by atoms with Crippen LogP contribution in [0.15, 0.2) is 18.2 Å². The molecule has 1 aliphatic heterocycles. The summed E-state index contributed by atoms with van der Waals surface area (Å²) < 4.78 is 0. The summed E-state index contributed by atoms with van der Waals surface area (Å²) in [5.41, 5.74) is 8.35. The highest BCUT2D eigenvalue weighted by Gasteiger charge is 2.33. The molecule has 0 aromatic heterocycles. The van der Waals surface area contributed by atoms with Crippen LogP contribution in [0.4, 0.5) is 5.69 Å². The number of aryl methyl sites for hydroxylation is 1. The molecule has 3 nitrogen and oxygen atoms in total. The van der Waals surface area contributed by atoms with Gasteiger partial charge in [-0.2, -0.15) is 0 Å². The van der Waals surface area contributed by atoms with Crippen molar-refractivity contribution in [2.24, 2.45) is 11.8 Å². The van der Waals surface area contributed by atoms with Crippen LogP contribution in [0.2, 0.25) is 0 Å². The normalized spacial score (nSPS) is 26.1. The second-order valence-corrected chi connectivity index (χ2v) is 6.48. The average molecular weight is 272 g/mol. The Morgan fingerprint density at radius 2 is 1.90 bits per heavy atom. The predicted molar refractivity (Wildman–Crippen MR) is 81.6 cm³/mol. The molecular formula is C17H24N2O. The van der Waals surface area contributed by atoms with Crippen LogP contribution in [0.25, 0.3) is 0 Å². The summed E-state index contributed by atoms with van der Waals surface area (Å²) >= 11 is 0. The standard InChI is InChI=1S/C17H24N2O/c1-12-8-15(10-16(18)9-12)17(20)19-7-6-13-4-2-3-5-14(13)11-19/h8-10,13-14H,2-7,11,18H2,1H3. The van der Waals surface area contributed by atoms with Crippen molar-refractivity contribution in [1.82, 2.24) is 4.90 Å². The number of anilines is 1. The Morgan fingerprint density at radius 3 is 2.65 bits per heavy atom. The zero-order chi connectivity index (χ0) is 14.1. The van der Waals surface area contributed by atoms with E-state index in [4.69, 9.17) is 5.73 Å². The first-order chi connectivity index (χ1) is 9.63. The van der Waals surface area contributed by atoms with Crippen LogP contribution in [0.3, 0.4) is 0 Å². The van der Waals surface area contributed by atoms with Gasteiger partial charge in [-0.05, 0) is 55.4 Å². The van der Waals surface area contributed by atoms with Crippen molar-refractivity contribution in [2.75, 3.05) is 18.8 Å². The number of benzene rings is 1. The smallest absolute Gasteiger partial charge is 0.253 e. The molecule has 2 N–H and O–H groups in total. The van der Waals surface area contributed by atoms with E-state index < -0.39 is 0 Å². The Balaban J connectivity index is 1.74. The Labute approximate surface area is 121 Å². The van der Waals surface area contributed by atoms with E-state index in [-0.39, 0.29) is 5.91 Å². The topological polar surface area (TPSA) is 46.3 Å². The van der Waals surface area contributed by atoms with Crippen molar-refractivity contribution in [2.45, 2.75) is 39.0 Å². The highest BCUT2D eigenvalue weighted by Crippen LogP contribution is 2.36. The second kappa shape index (κ2) is 5.47. The molecular weight excluding hydrogens is 248 g/mol. The molecule has 20 heavy (non-hydrogen) atoms. The number of hydrogen-bond acceptors (Lipinski definition) is 2. The van der Waals surface area contributed by atoms with Crippen LogP contribution < -0.4 is 5.73 Å². The predicted octanol–water partition coefficient (Wildman–Crippen LogP) is 3.23. The number of carbonyl (C=O) groups is 1. The van der Waals surface area contributed by atoms with Crippen molar-refractivity contribution in [1.29, 1.82) is 0 Å². The molecule has 0 spiro atoms. The van der Waals surface area contributed by atoms with Gasteiger partial charge in [0.15, 0.2) is 0 Å². The number of amides is 1. The number of nitrogens with zero attached hydrogens (tertiary/aromatic N) is 1. The van der Waals surface area contributed by atoms with E-state index in [0.29, 0.717) is 5.69 Å². The Morgan fingerprint density at radius 1 is 1.15 bits per heavy atom. The van der Waals surface area contributed by atoms with Crippen LogP contribution in [-0.4, -0.2) is 23.9 Å². The van der Waals surface area contributed by atoms with Crippen LogP contribution in [0.5, 0.6) is 0 Å². The van der Waals surface area contributed by atoms with Crippen molar-refractivity contribution < 1.29 is 4.79 Å². The van der Waals surface area contributed by atoms with Crippen LogP contribution in [0, 0.1) is 18.8 Å². The van der Waals surface area contributed by atoms with Crippen LogP contribution >= 0.6 is 0 Å². The fraction of sp³-hybridized carbons (Fsp3) is 0.588. The lowest BCUT2D eigenvalue weighted by molar-refractivity contribution is 0.0521. The molecule has 1 aromatic rings. The first kappa shape index (κ1) is 13.5. The number of rotatable bonds is 1. The number of hydrogen-bond donors (Lipinski definition) is 1. The Bertz CT molecular complexity index is 491. The van der Waals surface area contributed by atoms with E-state index >= 15 is 0 Å². The van der Waals surface area contributed by atoms with Gasteiger partial charge in [-0.25, -0.2) is 0 Å². The largest absolute Gasteiger partial charge is 0.399 e. The molecule has 2 unspecified atom stereocenters. The monoisotopic (exact) mass is 272 g/mol. The summed E-state index contributed by atoms with van der Waals surface area (Å²) in [6.07, 6.45) is 6.55. The SMILES string of the molecule is Cc1cc(N)cc(C(=O)N2CCC3CCCCC3C2)c1. The lowest BCUT2D eigenvalue weighted by atomic mass is 9.75. The summed E-state index contributed by atoms with van der Waals surface area (Å²) in [6, 6.07) is 5.66. The van der Waals surface area contributed by atoms with E-state index in [9.17, 15) is 4.79 Å². The highest BCUT2D eigenvalue weighted by molar-refractivity contribution is 5.95. The third kappa shape index (κ3) is 2.67. The Hall–Kier alpha value is -1.51. The number of nitrogen functional groups attached to an aromatic ring is 1. The molecule has 2 atom stereocenters. The minimum atomic E-state index is 0.157. The van der Waals surface area contributed by atoms with Gasteiger partial charge in [0.05, 0.1) is 0 Å². The van der Waals surface area contributed by atoms with E-state index in [1.54, 1.807) is 0 Å². The van der Waals surface area contributed by atoms with Crippen molar-refractivity contribution >= 4 is 11.6 Å². The number of piperidine rings is 1. The maximum atomic E-state index is 12.6. The van der Waals surface area contributed by atoms with E-state index in [1.165, 1.54) is 32.1 Å². The second-order valence-electron chi connectivity index (χ2n) is 6.48. The molecule has 2 fully saturated rings. The molecule has 1 saturated carbocycles. The average Bonchev–Trinajstić information content (AvgIpc) is 2.45. The molecule has 1 amide bonds. The van der Waals surface area contributed by atoms with Crippen molar-refractivity contribution in [3.8, 4) is 0 Å². The molecule has 1 heterocycles. The summed E-state index contributed by atoms with van der Waals surface area (Å²) in [7, 11) is 0. The fourth-order valence-corrected chi connectivity index (χ4v) is 3.90. The molecule has 3 heteroatoms. The summed E-state index contributed by atoms with van der Waals surface area (Å²) in [4.78, 5) is 14.7. The van der Waals surface area contributed by atoms with Gasteiger partial charge >= 0.3 is 0 Å². The van der Waals surface area contributed by atoms with E-state index in [1.807, 2.05) is 30.0 Å². The first-order valence-electron chi connectivity index (χ1n) is 7.80. The fourth-order valence-electron chi connectivity index (χ4n) is 3.90. The number of fused-ring (bicyclic) bond motifs is 1. The van der Waals surface area contributed by atoms with Gasteiger partial charge in [-0.15, -0.1) is 0 Å². The third-order valence-corrected chi connectivity index (χ3v) is 4.93. The van der Waals surface area contributed by atoms with Gasteiger partial charge in [0.25, 0.3) is 5.91 Å². The zero-order valence-corrected chi connectivity index (χ0v) is 12.3. The van der Waals surface area contributed by atoms with E-state index in [0.717, 1.165) is 36.1 Å². The summed E-state index contributed by atoms with van der Waals surface area (Å²) in [6.45, 7) is 3.84. The molecule has 2 aliphatic rings. The number of carbonyl (C=O) groups excluding carboxylic acids is 1. The molecule has 0 radical (unpaired) electrons. The lowest BCUT2D eigenvalue weighted by Crippen LogP contribution is -2.44. The van der Waals surface area contributed by atoms with Crippen molar-refractivity contribution in [3.63, 3.8) is 0 Å². The van der Waals surface area contributed by atoms with Gasteiger partial charge in [0.2, 0.25) is 0 Å². The summed E-state index contributed by atoms with van der Waals surface area (Å²) in [5, 5.41) is 0. The van der Waals surface area contributed by atoms with Gasteiger partial charge in [0.1, 0.15) is 0 Å². The lowest BCUT2D eigenvalue weighted by Gasteiger charge is -2.41. The maximum Gasteiger partial charge on any atom is 0.253 e. The van der Waals surface area contributed by atoms with E-state index in [2.05, 4.69) is 0 Å². The van der Waals surface area contributed by atoms with Crippen molar-refractivity contribution in [3.05, 3.63) is 29.3 Å². The maximum absolute atomic E-state index is 12.6. The quantitative estimate of drug-likeness (QED) is 0.798. The zero-order valence-electron chi connectivity index (χ0n) is 12.3. The minimum Gasteiger partial charge on any atom is -0.399 e. The van der Waals surface area contributed by atoms with Gasteiger partial charge < -0.3 is 10.6 Å². The molecule has 108 valence electrons. The Kier molecular flexibility index (Phi) is 3.68. The highest BCUT2D eigenvalue weighted by atomic mass is 16.2. The van der Waals surface area contributed by atoms with Gasteiger partial charge in [-0.1, -0.05) is 19.3 Å². The minimum absolute atomic E-state index is 0.157. The summed E-state index contributed by atoms with van der Waals surface area (Å²) in [5.74, 6) is 1.74. The van der Waals surface area contributed by atoms with Gasteiger partial charge in [0, 0.05) is 24.3 Å². The van der Waals surface area contributed by atoms with Crippen LogP contribution in [-0.2, 0) is 0 Å². The molecule has 0 bridgehead atoms. The third-order valence-electron chi connectivity index (χ3n) is 4.93. The molecule has 1 aromatic carbocycles.